The van der Waals surface area contributed by atoms with Gasteiger partial charge < -0.3 is 15.2 Å². The molecule has 0 amide bonds. The average Bonchev–Trinajstić information content (AvgIpc) is 3.11. The van der Waals surface area contributed by atoms with Gasteiger partial charge in [0, 0.05) is 19.7 Å². The number of aromatic nitrogens is 4. The first-order valence-corrected chi connectivity index (χ1v) is 7.02. The molecule has 8 nitrogen and oxygen atoms in total. The summed E-state index contributed by atoms with van der Waals surface area (Å²) in [5.41, 5.74) is 0.952. The molecule has 0 atom stereocenters. The van der Waals surface area contributed by atoms with Crippen molar-refractivity contribution in [3.05, 3.63) is 29.7 Å². The normalized spacial score (nSPS) is 11.1. The number of aryl methyl sites for hydroxylation is 2. The van der Waals surface area contributed by atoms with E-state index in [9.17, 15) is 0 Å². The largest absolute Gasteiger partial charge is 0.359 e. The third kappa shape index (κ3) is 5.28. The molecule has 0 aliphatic carbocycles. The van der Waals surface area contributed by atoms with Crippen molar-refractivity contribution in [3.8, 4) is 0 Å². The highest BCUT2D eigenvalue weighted by Crippen LogP contribution is 2.03. The van der Waals surface area contributed by atoms with Crippen molar-refractivity contribution in [3.63, 3.8) is 0 Å². The van der Waals surface area contributed by atoms with Gasteiger partial charge in [-0.05, 0) is 13.3 Å². The molecular weight excluding hydrogens is 397 g/mol. The van der Waals surface area contributed by atoms with Crippen LogP contribution < -0.4 is 10.6 Å². The molecule has 2 aromatic heterocycles. The van der Waals surface area contributed by atoms with Crippen molar-refractivity contribution in [1.29, 1.82) is 0 Å². The van der Waals surface area contributed by atoms with E-state index in [-0.39, 0.29) is 24.0 Å². The zero-order valence-corrected chi connectivity index (χ0v) is 15.4. The first-order chi connectivity index (χ1) is 10.2. The Labute approximate surface area is 146 Å². The predicted molar refractivity (Wildman–Crippen MR) is 94.0 cm³/mol. The summed E-state index contributed by atoms with van der Waals surface area (Å²) in [6.07, 6.45) is 2.38. The SMILES string of the molecule is CCNC(=NCc1ncnn1C)NCc1cc(CC)no1.I. The van der Waals surface area contributed by atoms with Crippen LogP contribution in [-0.4, -0.2) is 32.4 Å². The quantitative estimate of drug-likeness (QED) is 0.416. The highest BCUT2D eigenvalue weighted by molar-refractivity contribution is 14.0. The van der Waals surface area contributed by atoms with Crippen LogP contribution in [0.1, 0.15) is 31.1 Å². The lowest BCUT2D eigenvalue weighted by atomic mass is 10.3. The van der Waals surface area contributed by atoms with E-state index in [4.69, 9.17) is 4.52 Å². The van der Waals surface area contributed by atoms with Crippen LogP contribution in [0, 0.1) is 0 Å². The van der Waals surface area contributed by atoms with Gasteiger partial charge in [-0.25, -0.2) is 9.98 Å². The summed E-state index contributed by atoms with van der Waals surface area (Å²) >= 11 is 0. The summed E-state index contributed by atoms with van der Waals surface area (Å²) in [5, 5.41) is 14.4. The lowest BCUT2D eigenvalue weighted by molar-refractivity contribution is 0.374. The fourth-order valence-corrected chi connectivity index (χ4v) is 1.73. The van der Waals surface area contributed by atoms with E-state index in [1.54, 1.807) is 4.68 Å². The lowest BCUT2D eigenvalue weighted by Crippen LogP contribution is -2.36. The van der Waals surface area contributed by atoms with Crippen LogP contribution in [0.5, 0.6) is 0 Å². The minimum absolute atomic E-state index is 0. The Hall–Kier alpha value is -1.65. The van der Waals surface area contributed by atoms with Gasteiger partial charge in [0.25, 0.3) is 0 Å². The number of nitrogens with zero attached hydrogens (tertiary/aromatic N) is 5. The zero-order valence-electron chi connectivity index (χ0n) is 13.0. The van der Waals surface area contributed by atoms with E-state index in [2.05, 4.69) is 30.9 Å². The molecule has 22 heavy (non-hydrogen) atoms. The topological polar surface area (TPSA) is 93.2 Å². The summed E-state index contributed by atoms with van der Waals surface area (Å²) in [6, 6.07) is 1.94. The minimum Gasteiger partial charge on any atom is -0.359 e. The van der Waals surface area contributed by atoms with Crippen LogP contribution in [0.25, 0.3) is 0 Å². The molecule has 0 unspecified atom stereocenters. The summed E-state index contributed by atoms with van der Waals surface area (Å²) < 4.78 is 6.94. The maximum absolute atomic E-state index is 5.23. The average molecular weight is 419 g/mol. The molecule has 122 valence electrons. The van der Waals surface area contributed by atoms with Crippen molar-refractivity contribution >= 4 is 29.9 Å². The molecule has 0 saturated heterocycles. The van der Waals surface area contributed by atoms with E-state index in [0.29, 0.717) is 19.0 Å². The van der Waals surface area contributed by atoms with Crippen LogP contribution in [-0.2, 0) is 26.6 Å². The smallest absolute Gasteiger partial charge is 0.192 e. The molecule has 2 heterocycles. The Morgan fingerprint density at radius 2 is 2.18 bits per heavy atom. The van der Waals surface area contributed by atoms with Crippen LogP contribution in [0.15, 0.2) is 21.9 Å². The Kier molecular flexibility index (Phi) is 7.85. The third-order valence-electron chi connectivity index (χ3n) is 2.93. The summed E-state index contributed by atoms with van der Waals surface area (Å²) in [7, 11) is 1.85. The zero-order chi connectivity index (χ0) is 15.1. The Balaban J connectivity index is 0.00000242. The Morgan fingerprint density at radius 1 is 1.36 bits per heavy atom. The second-order valence-electron chi connectivity index (χ2n) is 4.49. The summed E-state index contributed by atoms with van der Waals surface area (Å²) in [6.45, 7) is 5.84. The highest BCUT2D eigenvalue weighted by Gasteiger charge is 2.05. The van der Waals surface area contributed by atoms with Gasteiger partial charge in [-0.2, -0.15) is 5.10 Å². The number of rotatable bonds is 6. The molecule has 0 spiro atoms. The van der Waals surface area contributed by atoms with Gasteiger partial charge in [-0.3, -0.25) is 4.68 Å². The van der Waals surface area contributed by atoms with Crippen LogP contribution in [0.3, 0.4) is 0 Å². The molecule has 2 rings (SSSR count). The molecule has 0 aromatic carbocycles. The molecule has 0 aliphatic heterocycles. The van der Waals surface area contributed by atoms with Crippen LogP contribution >= 0.6 is 24.0 Å². The molecule has 0 saturated carbocycles. The fourth-order valence-electron chi connectivity index (χ4n) is 1.73. The highest BCUT2D eigenvalue weighted by atomic mass is 127. The van der Waals surface area contributed by atoms with E-state index in [1.807, 2.05) is 27.0 Å². The minimum atomic E-state index is 0. The number of aliphatic imine (C=N–C) groups is 1. The number of guanidine groups is 1. The second-order valence-corrected chi connectivity index (χ2v) is 4.49. The van der Waals surface area contributed by atoms with Gasteiger partial charge in [-0.1, -0.05) is 12.1 Å². The third-order valence-corrected chi connectivity index (χ3v) is 2.93. The van der Waals surface area contributed by atoms with E-state index in [1.165, 1.54) is 6.33 Å². The maximum Gasteiger partial charge on any atom is 0.192 e. The van der Waals surface area contributed by atoms with Crippen molar-refractivity contribution < 1.29 is 4.52 Å². The van der Waals surface area contributed by atoms with Gasteiger partial charge in [-0.15, -0.1) is 24.0 Å². The van der Waals surface area contributed by atoms with Crippen molar-refractivity contribution in [2.45, 2.75) is 33.4 Å². The number of halogens is 1. The first kappa shape index (κ1) is 18.4. The van der Waals surface area contributed by atoms with E-state index >= 15 is 0 Å². The van der Waals surface area contributed by atoms with Crippen molar-refractivity contribution in [2.75, 3.05) is 6.54 Å². The molecule has 9 heteroatoms. The standard InChI is InChI=1S/C13H21N7O.HI/c1-4-10-6-11(21-19-10)7-15-13(14-5-2)16-8-12-17-9-18-20(12)3;/h6,9H,4-5,7-8H2,1-3H3,(H2,14,15,16);1H. The number of hydrogen-bond acceptors (Lipinski definition) is 5. The monoisotopic (exact) mass is 419 g/mol. The Bertz CT molecular complexity index is 593. The van der Waals surface area contributed by atoms with Gasteiger partial charge in [0.2, 0.25) is 0 Å². The van der Waals surface area contributed by atoms with Gasteiger partial charge in [0.15, 0.2) is 11.7 Å². The Morgan fingerprint density at radius 3 is 2.77 bits per heavy atom. The molecule has 0 radical (unpaired) electrons. The fraction of sp³-hybridized carbons (Fsp3) is 0.538. The molecule has 2 aromatic rings. The number of hydrogen-bond donors (Lipinski definition) is 2. The molecular formula is C13H22IN7O. The summed E-state index contributed by atoms with van der Waals surface area (Å²) in [5.74, 6) is 2.30. The van der Waals surface area contributed by atoms with Crippen molar-refractivity contribution in [1.82, 2.24) is 30.6 Å². The van der Waals surface area contributed by atoms with E-state index < -0.39 is 0 Å². The maximum atomic E-state index is 5.23. The van der Waals surface area contributed by atoms with Crippen molar-refractivity contribution in [2.24, 2.45) is 12.0 Å². The van der Waals surface area contributed by atoms with Gasteiger partial charge in [0.1, 0.15) is 18.7 Å². The molecule has 0 aliphatic rings. The lowest BCUT2D eigenvalue weighted by Gasteiger charge is -2.09. The summed E-state index contributed by atoms with van der Waals surface area (Å²) in [4.78, 5) is 8.61. The van der Waals surface area contributed by atoms with Gasteiger partial charge in [0.05, 0.1) is 12.2 Å². The van der Waals surface area contributed by atoms with Gasteiger partial charge >= 0.3 is 0 Å². The van der Waals surface area contributed by atoms with E-state index in [0.717, 1.165) is 30.2 Å². The molecule has 2 N–H and O–H groups in total. The van der Waals surface area contributed by atoms with Crippen LogP contribution in [0.2, 0.25) is 0 Å². The first-order valence-electron chi connectivity index (χ1n) is 7.02. The molecule has 0 bridgehead atoms. The predicted octanol–water partition coefficient (Wildman–Crippen LogP) is 1.24. The molecule has 0 fully saturated rings. The number of nitrogens with one attached hydrogen (secondary N) is 2. The van der Waals surface area contributed by atoms with Crippen LogP contribution in [0.4, 0.5) is 0 Å². The second kappa shape index (κ2) is 9.38.